The Labute approximate surface area is 90.0 Å². The van der Waals surface area contributed by atoms with Crippen LogP contribution < -0.4 is 20.9 Å². The Balaban J connectivity index is 2.69. The molecule has 0 radical (unpaired) electrons. The van der Waals surface area contributed by atoms with E-state index in [4.69, 9.17) is 4.74 Å². The fourth-order valence-electron chi connectivity index (χ4n) is 1.63. The molecule has 0 aromatic carbocycles. The molecule has 1 atom stereocenters. The maximum Gasteiger partial charge on any atom is 0.327 e. The zero-order chi connectivity index (χ0) is 11.9. The van der Waals surface area contributed by atoms with Gasteiger partial charge in [-0.25, -0.2) is 4.79 Å². The predicted octanol–water partition coefficient (Wildman–Crippen LogP) is -0.803. The summed E-state index contributed by atoms with van der Waals surface area (Å²) in [5.74, 6) is -0.177. The van der Waals surface area contributed by atoms with Gasteiger partial charge in [-0.3, -0.25) is 24.5 Å². The second kappa shape index (κ2) is 3.51. The number of hydrogen-bond donors (Lipinski definition) is 2. The second-order valence-corrected chi connectivity index (χ2v) is 3.43. The molecule has 7 nitrogen and oxygen atoms in total. The summed E-state index contributed by atoms with van der Waals surface area (Å²) in [7, 11) is 0. The first-order chi connectivity index (χ1) is 7.54. The minimum Gasteiger partial charge on any atom is -0.472 e. The van der Waals surface area contributed by atoms with Gasteiger partial charge >= 0.3 is 5.69 Å². The van der Waals surface area contributed by atoms with Gasteiger partial charge < -0.3 is 4.74 Å². The van der Waals surface area contributed by atoms with Gasteiger partial charge in [0.25, 0.3) is 11.5 Å². The highest BCUT2D eigenvalue weighted by atomic mass is 16.5. The monoisotopic (exact) mass is 225 g/mol. The molecule has 16 heavy (non-hydrogen) atoms. The molecular formula is C9H11N3O4. The number of carbonyl (C=O) groups is 1. The smallest absolute Gasteiger partial charge is 0.327 e. The third-order valence-corrected chi connectivity index (χ3v) is 2.37. The van der Waals surface area contributed by atoms with E-state index in [0.717, 1.165) is 0 Å². The lowest BCUT2D eigenvalue weighted by Crippen LogP contribution is -2.47. The SMILES string of the molecule is CCN1C(=O)C(C)Oc2c1[nH]c(=O)[nH]c2=O. The van der Waals surface area contributed by atoms with Crippen molar-refractivity contribution in [2.24, 2.45) is 0 Å². The van der Waals surface area contributed by atoms with Crippen LogP contribution in [0.5, 0.6) is 5.75 Å². The zero-order valence-electron chi connectivity index (χ0n) is 8.86. The molecule has 1 aliphatic rings. The number of H-pyrrole nitrogens is 2. The Morgan fingerprint density at radius 3 is 2.62 bits per heavy atom. The second-order valence-electron chi connectivity index (χ2n) is 3.43. The third-order valence-electron chi connectivity index (χ3n) is 2.37. The number of hydrogen-bond acceptors (Lipinski definition) is 4. The first kappa shape index (κ1) is 10.5. The first-order valence-corrected chi connectivity index (χ1v) is 4.89. The van der Waals surface area contributed by atoms with Crippen molar-refractivity contribution >= 4 is 11.7 Å². The molecule has 2 heterocycles. The van der Waals surface area contributed by atoms with Crippen molar-refractivity contribution in [2.45, 2.75) is 20.0 Å². The highest BCUT2D eigenvalue weighted by molar-refractivity contribution is 5.98. The van der Waals surface area contributed by atoms with E-state index in [-0.39, 0.29) is 17.5 Å². The summed E-state index contributed by atoms with van der Waals surface area (Å²) >= 11 is 0. The van der Waals surface area contributed by atoms with Crippen LogP contribution in [-0.2, 0) is 4.79 Å². The van der Waals surface area contributed by atoms with Crippen molar-refractivity contribution in [2.75, 3.05) is 11.4 Å². The van der Waals surface area contributed by atoms with E-state index in [9.17, 15) is 14.4 Å². The Morgan fingerprint density at radius 2 is 2.00 bits per heavy atom. The standard InChI is InChI=1S/C9H11N3O4/c1-3-12-6-5(16-4(2)8(12)14)7(13)11-9(15)10-6/h4H,3H2,1-2H3,(H2,10,11,13,15). The summed E-state index contributed by atoms with van der Waals surface area (Å²) < 4.78 is 5.16. The molecule has 1 amide bonds. The van der Waals surface area contributed by atoms with Gasteiger partial charge in [-0.05, 0) is 13.8 Å². The molecule has 1 aromatic heterocycles. The van der Waals surface area contributed by atoms with Gasteiger partial charge in [-0.2, -0.15) is 0 Å². The highest BCUT2D eigenvalue weighted by Gasteiger charge is 2.33. The van der Waals surface area contributed by atoms with Crippen LogP contribution in [0, 0.1) is 0 Å². The topological polar surface area (TPSA) is 95.3 Å². The summed E-state index contributed by atoms with van der Waals surface area (Å²) in [5, 5.41) is 0. The summed E-state index contributed by atoms with van der Waals surface area (Å²) in [6.45, 7) is 3.66. The Kier molecular flexibility index (Phi) is 2.30. The molecule has 1 aromatic rings. The third kappa shape index (κ3) is 1.40. The maximum absolute atomic E-state index is 11.7. The molecule has 7 heteroatoms. The molecule has 0 aliphatic carbocycles. The fourth-order valence-corrected chi connectivity index (χ4v) is 1.63. The van der Waals surface area contributed by atoms with E-state index in [0.29, 0.717) is 6.54 Å². The van der Waals surface area contributed by atoms with Crippen molar-refractivity contribution < 1.29 is 9.53 Å². The quantitative estimate of drug-likeness (QED) is 0.653. The molecule has 0 saturated heterocycles. The summed E-state index contributed by atoms with van der Waals surface area (Å²) in [6, 6.07) is 0. The predicted molar refractivity (Wildman–Crippen MR) is 55.8 cm³/mol. The van der Waals surface area contributed by atoms with Gasteiger partial charge in [0.15, 0.2) is 11.9 Å². The van der Waals surface area contributed by atoms with Gasteiger partial charge in [-0.15, -0.1) is 0 Å². The van der Waals surface area contributed by atoms with Crippen LogP contribution in [0.2, 0.25) is 0 Å². The number of nitrogens with zero attached hydrogens (tertiary/aromatic N) is 1. The van der Waals surface area contributed by atoms with E-state index in [1.807, 2.05) is 4.98 Å². The number of aromatic nitrogens is 2. The van der Waals surface area contributed by atoms with Crippen molar-refractivity contribution in [1.82, 2.24) is 9.97 Å². The first-order valence-electron chi connectivity index (χ1n) is 4.89. The number of ether oxygens (including phenoxy) is 1. The summed E-state index contributed by atoms with van der Waals surface area (Å²) in [6.07, 6.45) is -0.723. The van der Waals surface area contributed by atoms with E-state index in [1.165, 1.54) is 4.90 Å². The van der Waals surface area contributed by atoms with E-state index < -0.39 is 17.4 Å². The Hall–Kier alpha value is -2.05. The van der Waals surface area contributed by atoms with Gasteiger partial charge in [0, 0.05) is 6.54 Å². The van der Waals surface area contributed by atoms with Crippen molar-refractivity contribution in [3.05, 3.63) is 20.8 Å². The summed E-state index contributed by atoms with van der Waals surface area (Å²) in [4.78, 5) is 40.0. The number of nitrogens with one attached hydrogen (secondary N) is 2. The normalized spacial score (nSPS) is 19.2. The van der Waals surface area contributed by atoms with Crippen LogP contribution >= 0.6 is 0 Å². The molecular weight excluding hydrogens is 214 g/mol. The maximum atomic E-state index is 11.7. The minimum atomic E-state index is -0.723. The number of likely N-dealkylation sites (N-methyl/N-ethyl adjacent to an activating group) is 1. The molecule has 0 spiro atoms. The summed E-state index contributed by atoms with van der Waals surface area (Å²) in [5.41, 5.74) is -1.29. The van der Waals surface area contributed by atoms with Gasteiger partial charge in [-0.1, -0.05) is 0 Å². The molecule has 86 valence electrons. The zero-order valence-corrected chi connectivity index (χ0v) is 8.86. The van der Waals surface area contributed by atoms with Crippen molar-refractivity contribution in [3.63, 3.8) is 0 Å². The molecule has 2 N–H and O–H groups in total. The molecule has 0 saturated carbocycles. The average molecular weight is 225 g/mol. The fraction of sp³-hybridized carbons (Fsp3) is 0.444. The number of anilines is 1. The van der Waals surface area contributed by atoms with Crippen LogP contribution in [0.15, 0.2) is 9.59 Å². The number of aromatic amines is 2. The van der Waals surface area contributed by atoms with Crippen LogP contribution in [0.25, 0.3) is 0 Å². The van der Waals surface area contributed by atoms with Crippen LogP contribution in [0.4, 0.5) is 5.82 Å². The lowest BCUT2D eigenvalue weighted by atomic mass is 10.2. The van der Waals surface area contributed by atoms with Crippen molar-refractivity contribution in [1.29, 1.82) is 0 Å². The number of fused-ring (bicyclic) bond motifs is 1. The van der Waals surface area contributed by atoms with Crippen LogP contribution in [0.3, 0.4) is 0 Å². The minimum absolute atomic E-state index is 0.0199. The number of carbonyl (C=O) groups excluding carboxylic acids is 1. The highest BCUT2D eigenvalue weighted by Crippen LogP contribution is 2.26. The van der Waals surface area contributed by atoms with Crippen LogP contribution in [0.1, 0.15) is 13.8 Å². The largest absolute Gasteiger partial charge is 0.472 e. The van der Waals surface area contributed by atoms with E-state index in [1.54, 1.807) is 13.8 Å². The van der Waals surface area contributed by atoms with Gasteiger partial charge in [0.1, 0.15) is 0 Å². The van der Waals surface area contributed by atoms with Crippen LogP contribution in [-0.4, -0.2) is 28.5 Å². The molecule has 0 fully saturated rings. The van der Waals surface area contributed by atoms with Crippen molar-refractivity contribution in [3.8, 4) is 5.75 Å². The molecule has 1 aliphatic heterocycles. The van der Waals surface area contributed by atoms with E-state index in [2.05, 4.69) is 4.98 Å². The lowest BCUT2D eigenvalue weighted by Gasteiger charge is -2.30. The molecule has 2 rings (SSSR count). The average Bonchev–Trinajstić information content (AvgIpc) is 2.22. The molecule has 1 unspecified atom stereocenters. The van der Waals surface area contributed by atoms with Gasteiger partial charge in [0.05, 0.1) is 0 Å². The number of rotatable bonds is 1. The Morgan fingerprint density at radius 1 is 1.31 bits per heavy atom. The van der Waals surface area contributed by atoms with Gasteiger partial charge in [0.2, 0.25) is 5.75 Å². The molecule has 0 bridgehead atoms. The van der Waals surface area contributed by atoms with E-state index >= 15 is 0 Å². The lowest BCUT2D eigenvalue weighted by molar-refractivity contribution is -0.125. The number of amides is 1. The Bertz CT molecular complexity index is 544.